The van der Waals surface area contributed by atoms with Crippen LogP contribution in [-0.4, -0.2) is 26.8 Å². The van der Waals surface area contributed by atoms with E-state index in [0.29, 0.717) is 11.4 Å². The Morgan fingerprint density at radius 1 is 1.25 bits per heavy atom. The SMILES string of the molecule is CNc1nc(Nc2cn(C)nc2C)cc(C(F)(F)F)n1. The molecule has 2 N–H and O–H groups in total. The molecule has 2 rings (SSSR count). The standard InChI is InChI=1S/C11H13F3N6/c1-6-7(5-20(3)19-6)16-9-4-8(11(12,13)14)17-10(15-2)18-9/h4-5H,1-3H3,(H2,15,16,17,18). The lowest BCUT2D eigenvalue weighted by Crippen LogP contribution is -2.12. The first-order chi connectivity index (χ1) is 9.29. The molecular weight excluding hydrogens is 273 g/mol. The molecule has 0 atom stereocenters. The normalized spacial score (nSPS) is 11.5. The molecule has 0 saturated carbocycles. The predicted molar refractivity (Wildman–Crippen MR) is 67.8 cm³/mol. The van der Waals surface area contributed by atoms with E-state index in [0.717, 1.165) is 6.07 Å². The van der Waals surface area contributed by atoms with Crippen molar-refractivity contribution in [3.8, 4) is 0 Å². The highest BCUT2D eigenvalue weighted by Crippen LogP contribution is 2.30. The highest BCUT2D eigenvalue weighted by molar-refractivity contribution is 5.59. The lowest BCUT2D eigenvalue weighted by molar-refractivity contribution is -0.141. The maximum Gasteiger partial charge on any atom is 0.433 e. The Hall–Kier alpha value is -2.32. The number of nitrogens with zero attached hydrogens (tertiary/aromatic N) is 4. The van der Waals surface area contributed by atoms with Gasteiger partial charge in [-0.1, -0.05) is 0 Å². The molecule has 0 aliphatic rings. The van der Waals surface area contributed by atoms with E-state index in [4.69, 9.17) is 0 Å². The smallest absolute Gasteiger partial charge is 0.357 e. The van der Waals surface area contributed by atoms with E-state index < -0.39 is 11.9 Å². The summed E-state index contributed by atoms with van der Waals surface area (Å²) in [5.74, 6) is -0.0587. The van der Waals surface area contributed by atoms with Gasteiger partial charge in [0, 0.05) is 26.4 Å². The van der Waals surface area contributed by atoms with Crippen LogP contribution in [0.5, 0.6) is 0 Å². The summed E-state index contributed by atoms with van der Waals surface area (Å²) in [5, 5.41) is 9.40. The molecular formula is C11H13F3N6. The Morgan fingerprint density at radius 3 is 2.45 bits per heavy atom. The van der Waals surface area contributed by atoms with Crippen molar-refractivity contribution < 1.29 is 13.2 Å². The molecule has 108 valence electrons. The Kier molecular flexibility index (Phi) is 3.51. The lowest BCUT2D eigenvalue weighted by atomic mass is 10.3. The van der Waals surface area contributed by atoms with E-state index in [1.54, 1.807) is 24.9 Å². The van der Waals surface area contributed by atoms with Crippen LogP contribution in [0, 0.1) is 6.92 Å². The third-order valence-corrected chi connectivity index (χ3v) is 2.52. The number of anilines is 3. The lowest BCUT2D eigenvalue weighted by Gasteiger charge is -2.11. The van der Waals surface area contributed by atoms with Crippen LogP contribution in [0.1, 0.15) is 11.4 Å². The Balaban J connectivity index is 2.38. The first-order valence-corrected chi connectivity index (χ1v) is 5.71. The molecule has 2 heterocycles. The molecule has 0 spiro atoms. The minimum atomic E-state index is -4.53. The van der Waals surface area contributed by atoms with Crippen molar-refractivity contribution in [3.63, 3.8) is 0 Å². The molecule has 0 fully saturated rings. The molecule has 20 heavy (non-hydrogen) atoms. The quantitative estimate of drug-likeness (QED) is 0.906. The zero-order chi connectivity index (χ0) is 14.9. The van der Waals surface area contributed by atoms with Gasteiger partial charge in [0.2, 0.25) is 5.95 Å². The molecule has 0 unspecified atom stereocenters. The van der Waals surface area contributed by atoms with Crippen molar-refractivity contribution >= 4 is 17.5 Å². The highest BCUT2D eigenvalue weighted by atomic mass is 19.4. The fraction of sp³-hybridized carbons (Fsp3) is 0.364. The van der Waals surface area contributed by atoms with E-state index in [2.05, 4.69) is 25.7 Å². The molecule has 0 amide bonds. The summed E-state index contributed by atoms with van der Waals surface area (Å²) in [7, 11) is 3.17. The van der Waals surface area contributed by atoms with Crippen molar-refractivity contribution in [2.75, 3.05) is 17.7 Å². The highest BCUT2D eigenvalue weighted by Gasteiger charge is 2.33. The summed E-state index contributed by atoms with van der Waals surface area (Å²) in [4.78, 5) is 7.33. The average Bonchev–Trinajstić information content (AvgIpc) is 2.66. The summed E-state index contributed by atoms with van der Waals surface area (Å²) >= 11 is 0. The third-order valence-electron chi connectivity index (χ3n) is 2.52. The Morgan fingerprint density at radius 2 is 1.95 bits per heavy atom. The van der Waals surface area contributed by atoms with Crippen molar-refractivity contribution in [3.05, 3.63) is 23.7 Å². The number of aromatic nitrogens is 4. The van der Waals surface area contributed by atoms with E-state index in [1.807, 2.05) is 0 Å². The number of hydrogen-bond acceptors (Lipinski definition) is 5. The maximum atomic E-state index is 12.7. The van der Waals surface area contributed by atoms with Crippen LogP contribution in [0.15, 0.2) is 12.3 Å². The molecule has 2 aromatic rings. The van der Waals surface area contributed by atoms with Crippen molar-refractivity contribution in [1.82, 2.24) is 19.7 Å². The van der Waals surface area contributed by atoms with Gasteiger partial charge in [0.15, 0.2) is 5.69 Å². The fourth-order valence-electron chi connectivity index (χ4n) is 1.63. The topological polar surface area (TPSA) is 67.7 Å². The molecule has 0 aliphatic carbocycles. The summed E-state index contributed by atoms with van der Waals surface area (Å²) in [6.07, 6.45) is -2.88. The summed E-state index contributed by atoms with van der Waals surface area (Å²) in [5.41, 5.74) is 0.230. The van der Waals surface area contributed by atoms with Crippen LogP contribution in [0.3, 0.4) is 0 Å². The second kappa shape index (κ2) is 4.99. The largest absolute Gasteiger partial charge is 0.433 e. The van der Waals surface area contributed by atoms with Gasteiger partial charge in [-0.2, -0.15) is 23.3 Å². The summed E-state index contributed by atoms with van der Waals surface area (Å²) in [6, 6.07) is 0.854. The van der Waals surface area contributed by atoms with E-state index in [-0.39, 0.29) is 11.8 Å². The van der Waals surface area contributed by atoms with Gasteiger partial charge >= 0.3 is 6.18 Å². The van der Waals surface area contributed by atoms with Crippen LogP contribution in [0.2, 0.25) is 0 Å². The van der Waals surface area contributed by atoms with Gasteiger partial charge in [-0.05, 0) is 6.92 Å². The van der Waals surface area contributed by atoms with Crippen LogP contribution >= 0.6 is 0 Å². The van der Waals surface area contributed by atoms with E-state index in [9.17, 15) is 13.2 Å². The van der Waals surface area contributed by atoms with E-state index >= 15 is 0 Å². The van der Waals surface area contributed by atoms with E-state index in [1.165, 1.54) is 7.05 Å². The third kappa shape index (κ3) is 2.98. The first-order valence-electron chi connectivity index (χ1n) is 5.71. The number of rotatable bonds is 3. The van der Waals surface area contributed by atoms with Gasteiger partial charge in [0.25, 0.3) is 0 Å². The Labute approximate surface area is 113 Å². The number of aryl methyl sites for hydroxylation is 2. The molecule has 2 aromatic heterocycles. The zero-order valence-corrected chi connectivity index (χ0v) is 11.1. The number of alkyl halides is 3. The van der Waals surface area contributed by atoms with Crippen molar-refractivity contribution in [1.29, 1.82) is 0 Å². The number of hydrogen-bond donors (Lipinski definition) is 2. The molecule has 0 saturated heterocycles. The maximum absolute atomic E-state index is 12.7. The van der Waals surface area contributed by atoms with Crippen LogP contribution in [-0.2, 0) is 13.2 Å². The molecule has 0 aliphatic heterocycles. The molecule has 0 bridgehead atoms. The number of nitrogens with one attached hydrogen (secondary N) is 2. The second-order valence-corrected chi connectivity index (χ2v) is 4.14. The van der Waals surface area contributed by atoms with Crippen LogP contribution in [0.25, 0.3) is 0 Å². The Bertz CT molecular complexity index is 619. The van der Waals surface area contributed by atoms with Gasteiger partial charge < -0.3 is 10.6 Å². The van der Waals surface area contributed by atoms with Crippen molar-refractivity contribution in [2.45, 2.75) is 13.1 Å². The molecule has 6 nitrogen and oxygen atoms in total. The van der Waals surface area contributed by atoms with Crippen molar-refractivity contribution in [2.24, 2.45) is 7.05 Å². The average molecular weight is 286 g/mol. The van der Waals surface area contributed by atoms with Gasteiger partial charge in [0.05, 0.1) is 11.4 Å². The monoisotopic (exact) mass is 286 g/mol. The van der Waals surface area contributed by atoms with Gasteiger partial charge in [-0.25, -0.2) is 4.98 Å². The van der Waals surface area contributed by atoms with Gasteiger partial charge in [-0.3, -0.25) is 4.68 Å². The predicted octanol–water partition coefficient (Wildman–Crippen LogP) is 2.32. The number of halogens is 3. The summed E-state index contributed by atoms with van der Waals surface area (Å²) in [6.45, 7) is 1.74. The van der Waals surface area contributed by atoms with Gasteiger partial charge in [-0.15, -0.1) is 0 Å². The summed E-state index contributed by atoms with van der Waals surface area (Å²) < 4.78 is 39.8. The molecule has 0 radical (unpaired) electrons. The van der Waals surface area contributed by atoms with Gasteiger partial charge in [0.1, 0.15) is 5.82 Å². The minimum absolute atomic E-state index is 0.0489. The second-order valence-electron chi connectivity index (χ2n) is 4.14. The zero-order valence-electron chi connectivity index (χ0n) is 11.1. The molecule has 9 heteroatoms. The first kappa shape index (κ1) is 14.1. The van der Waals surface area contributed by atoms with Crippen LogP contribution in [0.4, 0.5) is 30.6 Å². The molecule has 0 aromatic carbocycles. The minimum Gasteiger partial charge on any atom is -0.357 e. The van der Waals surface area contributed by atoms with Crippen LogP contribution < -0.4 is 10.6 Å². The fourth-order valence-corrected chi connectivity index (χ4v) is 1.63.